The Bertz CT molecular complexity index is 1030. The lowest BCUT2D eigenvalue weighted by atomic mass is 10.1. The number of unbranched alkanes of at least 4 members (excludes halogenated alkanes) is 1. The second-order valence-electron chi connectivity index (χ2n) is 7.26. The van der Waals surface area contributed by atoms with E-state index in [1.54, 1.807) is 6.92 Å². The highest BCUT2D eigenvalue weighted by molar-refractivity contribution is 8.00. The molecule has 0 bridgehead atoms. The topological polar surface area (TPSA) is 87.1 Å². The number of amidine groups is 1. The van der Waals surface area contributed by atoms with Crippen LogP contribution < -0.4 is 0 Å². The first-order chi connectivity index (χ1) is 13.7. The van der Waals surface area contributed by atoms with E-state index in [1.165, 1.54) is 28.6 Å². The van der Waals surface area contributed by atoms with Crippen molar-refractivity contribution in [2.24, 2.45) is 4.40 Å². The van der Waals surface area contributed by atoms with Crippen molar-refractivity contribution in [2.45, 2.75) is 33.1 Å². The summed E-state index contributed by atoms with van der Waals surface area (Å²) in [7, 11) is -7.20. The fourth-order valence-electron chi connectivity index (χ4n) is 3.62. The van der Waals surface area contributed by atoms with Gasteiger partial charge in [0.2, 0.25) is 10.0 Å². The van der Waals surface area contributed by atoms with E-state index in [0.717, 1.165) is 6.42 Å². The smallest absolute Gasteiger partial charge is 0.285 e. The third-order valence-electron chi connectivity index (χ3n) is 5.15. The maximum atomic E-state index is 13.2. The van der Waals surface area contributed by atoms with Crippen LogP contribution in [-0.2, 0) is 20.0 Å². The van der Waals surface area contributed by atoms with Crippen molar-refractivity contribution in [1.82, 2.24) is 9.21 Å². The second-order valence-corrected chi connectivity index (χ2v) is 10.9. The number of hydrogen-bond donors (Lipinski definition) is 0. The van der Waals surface area contributed by atoms with Gasteiger partial charge in [0.1, 0.15) is 16.6 Å². The summed E-state index contributed by atoms with van der Waals surface area (Å²) in [6, 6.07) is 5.28. The predicted molar refractivity (Wildman–Crippen MR) is 112 cm³/mol. The van der Waals surface area contributed by atoms with Gasteiger partial charge in [0.25, 0.3) is 10.0 Å². The summed E-state index contributed by atoms with van der Waals surface area (Å²) in [6.45, 7) is 5.23. The Morgan fingerprint density at radius 2 is 1.79 bits per heavy atom. The third-order valence-corrected chi connectivity index (χ3v) is 8.58. The molecule has 0 atom stereocenters. The minimum atomic E-state index is -3.89. The van der Waals surface area contributed by atoms with Crippen LogP contribution in [0.2, 0.25) is 0 Å². The molecule has 2 heterocycles. The molecule has 10 heteroatoms. The largest absolute Gasteiger partial charge is 0.354 e. The Morgan fingerprint density at radius 1 is 1.10 bits per heavy atom. The van der Waals surface area contributed by atoms with Gasteiger partial charge in [-0.25, -0.2) is 17.1 Å². The second kappa shape index (κ2) is 8.53. The molecule has 2 aliphatic heterocycles. The van der Waals surface area contributed by atoms with Gasteiger partial charge in [-0.15, -0.1) is 4.40 Å². The minimum absolute atomic E-state index is 0.0733. The Kier molecular flexibility index (Phi) is 6.45. The Balaban J connectivity index is 1.83. The molecular formula is C19H26FN3O4S2. The number of rotatable bonds is 5. The molecular weight excluding hydrogens is 417 g/mol. The number of halogens is 1. The van der Waals surface area contributed by atoms with E-state index < -0.39 is 25.9 Å². The predicted octanol–water partition coefficient (Wildman–Crippen LogP) is 2.44. The molecule has 3 rings (SSSR count). The molecule has 0 radical (unpaired) electrons. The van der Waals surface area contributed by atoms with Crippen molar-refractivity contribution in [3.05, 3.63) is 41.2 Å². The van der Waals surface area contributed by atoms with E-state index in [9.17, 15) is 21.2 Å². The van der Waals surface area contributed by atoms with Crippen molar-refractivity contribution >= 4 is 30.8 Å². The van der Waals surface area contributed by atoms with Crippen LogP contribution in [0.25, 0.3) is 4.91 Å². The zero-order valence-corrected chi connectivity index (χ0v) is 18.3. The lowest BCUT2D eigenvalue weighted by Gasteiger charge is -2.23. The van der Waals surface area contributed by atoms with E-state index in [2.05, 4.69) is 4.40 Å². The molecule has 1 aromatic carbocycles. The Hall–Kier alpha value is -1.78. The highest BCUT2D eigenvalue weighted by atomic mass is 32.2. The van der Waals surface area contributed by atoms with Crippen molar-refractivity contribution < 1.29 is 21.2 Å². The van der Waals surface area contributed by atoms with Crippen molar-refractivity contribution in [2.75, 3.05) is 31.9 Å². The van der Waals surface area contributed by atoms with E-state index in [0.29, 0.717) is 56.0 Å². The highest BCUT2D eigenvalue weighted by Crippen LogP contribution is 2.34. The normalized spacial score (nSPS) is 20.7. The minimum Gasteiger partial charge on any atom is -0.354 e. The molecule has 160 valence electrons. The molecule has 29 heavy (non-hydrogen) atoms. The number of benzene rings is 1. The van der Waals surface area contributed by atoms with Crippen LogP contribution in [0.5, 0.6) is 0 Å². The standard InChI is InChI=1S/C19H26FN3O4S2/c1-3-4-14-28(24,25)23-11-5-10-22(12-13-23)19-15(2)18(29(26,27)21-19)16-6-8-17(20)9-7-16/h6-9H,3-5,10-14H2,1-2H3. The number of nitrogens with zero attached hydrogens (tertiary/aromatic N) is 3. The molecule has 1 saturated heterocycles. The van der Waals surface area contributed by atoms with Crippen LogP contribution in [0, 0.1) is 5.82 Å². The first-order valence-corrected chi connectivity index (χ1v) is 12.8. The lowest BCUT2D eigenvalue weighted by Crippen LogP contribution is -2.38. The summed E-state index contributed by atoms with van der Waals surface area (Å²) < 4.78 is 69.0. The Morgan fingerprint density at radius 3 is 2.45 bits per heavy atom. The summed E-state index contributed by atoms with van der Waals surface area (Å²) >= 11 is 0. The fraction of sp³-hybridized carbons (Fsp3) is 0.526. The van der Waals surface area contributed by atoms with Crippen LogP contribution in [0.4, 0.5) is 4.39 Å². The van der Waals surface area contributed by atoms with Crippen LogP contribution >= 0.6 is 0 Å². The molecule has 0 spiro atoms. The van der Waals surface area contributed by atoms with Crippen molar-refractivity contribution in [3.8, 4) is 0 Å². The molecule has 2 aliphatic rings. The number of sulfonamides is 2. The molecule has 0 aliphatic carbocycles. The molecule has 0 N–H and O–H groups in total. The van der Waals surface area contributed by atoms with Crippen LogP contribution in [0.3, 0.4) is 0 Å². The Labute approximate surface area is 172 Å². The first-order valence-electron chi connectivity index (χ1n) is 9.70. The molecule has 1 aromatic rings. The molecule has 7 nitrogen and oxygen atoms in total. The van der Waals surface area contributed by atoms with Gasteiger partial charge in [0.15, 0.2) is 0 Å². The van der Waals surface area contributed by atoms with Crippen molar-refractivity contribution in [1.29, 1.82) is 0 Å². The third kappa shape index (κ3) is 4.70. The van der Waals surface area contributed by atoms with Gasteiger partial charge in [-0.3, -0.25) is 0 Å². The molecule has 0 aromatic heterocycles. The summed E-state index contributed by atoms with van der Waals surface area (Å²) in [5.74, 6) is 0.0319. The summed E-state index contributed by atoms with van der Waals surface area (Å²) in [5, 5.41) is 0. The van der Waals surface area contributed by atoms with E-state index in [4.69, 9.17) is 0 Å². The lowest BCUT2D eigenvalue weighted by molar-refractivity contribution is 0.407. The monoisotopic (exact) mass is 443 g/mol. The molecule has 0 amide bonds. The molecule has 0 saturated carbocycles. The maximum absolute atomic E-state index is 13.2. The van der Waals surface area contributed by atoms with Gasteiger partial charge in [0, 0.05) is 31.8 Å². The molecule has 0 unspecified atom stereocenters. The molecule has 1 fully saturated rings. The van der Waals surface area contributed by atoms with Crippen LogP contribution in [0.15, 0.2) is 34.2 Å². The van der Waals surface area contributed by atoms with Gasteiger partial charge in [-0.1, -0.05) is 25.5 Å². The zero-order valence-electron chi connectivity index (χ0n) is 16.6. The van der Waals surface area contributed by atoms with Crippen LogP contribution in [0.1, 0.15) is 38.7 Å². The van der Waals surface area contributed by atoms with Crippen LogP contribution in [-0.4, -0.2) is 63.8 Å². The first kappa shape index (κ1) is 21.9. The SMILES string of the molecule is CCCCS(=O)(=O)N1CCCN(C2=NS(=O)(=O)C(c3ccc(F)cc3)=C2C)CC1. The van der Waals surface area contributed by atoms with Gasteiger partial charge >= 0.3 is 0 Å². The average Bonchev–Trinajstić information content (AvgIpc) is 2.83. The average molecular weight is 444 g/mol. The van der Waals surface area contributed by atoms with E-state index >= 15 is 0 Å². The maximum Gasteiger partial charge on any atom is 0.285 e. The fourth-order valence-corrected chi connectivity index (χ4v) is 6.79. The quantitative estimate of drug-likeness (QED) is 0.698. The van der Waals surface area contributed by atoms with Gasteiger partial charge in [-0.2, -0.15) is 8.42 Å². The van der Waals surface area contributed by atoms with Gasteiger partial charge in [-0.05, 0) is 37.5 Å². The zero-order chi connectivity index (χ0) is 21.2. The highest BCUT2D eigenvalue weighted by Gasteiger charge is 2.35. The number of hydrogen-bond acceptors (Lipinski definition) is 5. The van der Waals surface area contributed by atoms with Crippen molar-refractivity contribution in [3.63, 3.8) is 0 Å². The summed E-state index contributed by atoms with van der Waals surface area (Å²) in [4.78, 5) is 1.91. The van der Waals surface area contributed by atoms with Gasteiger partial charge < -0.3 is 4.90 Å². The van der Waals surface area contributed by atoms with E-state index in [-0.39, 0.29) is 10.7 Å². The van der Waals surface area contributed by atoms with E-state index in [1.807, 2.05) is 11.8 Å². The summed E-state index contributed by atoms with van der Waals surface area (Å²) in [5.41, 5.74) is 0.889. The van der Waals surface area contributed by atoms with Gasteiger partial charge in [0.05, 0.1) is 5.75 Å². The summed E-state index contributed by atoms with van der Waals surface area (Å²) in [6.07, 6.45) is 2.02.